The van der Waals surface area contributed by atoms with Gasteiger partial charge in [-0.05, 0) is 50.5 Å². The van der Waals surface area contributed by atoms with Crippen LogP contribution in [0.15, 0.2) is 18.2 Å². The van der Waals surface area contributed by atoms with Crippen molar-refractivity contribution < 1.29 is 14.3 Å². The highest BCUT2D eigenvalue weighted by Gasteiger charge is 2.23. The molecule has 144 valence electrons. The van der Waals surface area contributed by atoms with Crippen molar-refractivity contribution >= 4 is 11.8 Å². The van der Waals surface area contributed by atoms with E-state index in [1.165, 1.54) is 5.56 Å². The van der Waals surface area contributed by atoms with Crippen molar-refractivity contribution in [1.29, 1.82) is 0 Å². The third kappa shape index (κ3) is 6.02. The first-order valence-corrected chi connectivity index (χ1v) is 9.38. The van der Waals surface area contributed by atoms with Gasteiger partial charge in [0.15, 0.2) is 6.61 Å². The minimum Gasteiger partial charge on any atom is -0.484 e. The number of nitrogens with one attached hydrogen (secondary N) is 1. The SMILES string of the molecule is CCC(C)NC(=O)CN1CCN(C(=O)COc2ccc(C)c(C)c2)CC1. The number of carbonyl (C=O) groups excluding carboxylic acids is 2. The molecule has 2 rings (SSSR count). The van der Waals surface area contributed by atoms with Crippen LogP contribution in [0.4, 0.5) is 0 Å². The quantitative estimate of drug-likeness (QED) is 0.804. The number of aryl methyl sites for hydroxylation is 2. The van der Waals surface area contributed by atoms with Crippen LogP contribution in [0.3, 0.4) is 0 Å². The number of benzene rings is 1. The zero-order chi connectivity index (χ0) is 19.1. The lowest BCUT2D eigenvalue weighted by Crippen LogP contribution is -2.52. The third-order valence-corrected chi connectivity index (χ3v) is 4.95. The van der Waals surface area contributed by atoms with Gasteiger partial charge < -0.3 is 15.0 Å². The average Bonchev–Trinajstić information content (AvgIpc) is 2.62. The molecule has 1 saturated heterocycles. The Morgan fingerprint density at radius 3 is 2.46 bits per heavy atom. The largest absolute Gasteiger partial charge is 0.484 e. The van der Waals surface area contributed by atoms with Gasteiger partial charge in [-0.2, -0.15) is 0 Å². The van der Waals surface area contributed by atoms with Gasteiger partial charge >= 0.3 is 0 Å². The maximum atomic E-state index is 12.3. The second kappa shape index (κ2) is 9.57. The highest BCUT2D eigenvalue weighted by Crippen LogP contribution is 2.16. The van der Waals surface area contributed by atoms with Crippen molar-refractivity contribution in [1.82, 2.24) is 15.1 Å². The van der Waals surface area contributed by atoms with Gasteiger partial charge in [0.1, 0.15) is 5.75 Å². The van der Waals surface area contributed by atoms with Crippen LogP contribution in [0, 0.1) is 13.8 Å². The Hall–Kier alpha value is -2.08. The summed E-state index contributed by atoms with van der Waals surface area (Å²) in [5.74, 6) is 0.769. The predicted octanol–water partition coefficient (Wildman–Crippen LogP) is 1.74. The molecule has 1 atom stereocenters. The van der Waals surface area contributed by atoms with Crippen LogP contribution in [0.25, 0.3) is 0 Å². The predicted molar refractivity (Wildman–Crippen MR) is 102 cm³/mol. The molecule has 0 saturated carbocycles. The molecular weight excluding hydrogens is 330 g/mol. The summed E-state index contributed by atoms with van der Waals surface area (Å²) in [4.78, 5) is 28.2. The Morgan fingerprint density at radius 1 is 1.15 bits per heavy atom. The lowest BCUT2D eigenvalue weighted by Gasteiger charge is -2.34. The highest BCUT2D eigenvalue weighted by molar-refractivity contribution is 5.79. The van der Waals surface area contributed by atoms with Gasteiger partial charge in [-0.25, -0.2) is 0 Å². The number of carbonyl (C=O) groups is 2. The van der Waals surface area contributed by atoms with Crippen LogP contribution in [-0.2, 0) is 9.59 Å². The molecule has 1 heterocycles. The Labute approximate surface area is 156 Å². The summed E-state index contributed by atoms with van der Waals surface area (Å²) < 4.78 is 5.64. The molecular formula is C20H31N3O3. The molecule has 1 aliphatic rings. The van der Waals surface area contributed by atoms with Crippen LogP contribution in [-0.4, -0.2) is 67.0 Å². The number of rotatable bonds is 7. The molecule has 1 aliphatic heterocycles. The number of hydrogen-bond donors (Lipinski definition) is 1. The van der Waals surface area contributed by atoms with Crippen molar-refractivity contribution in [2.75, 3.05) is 39.3 Å². The van der Waals surface area contributed by atoms with Gasteiger partial charge in [0, 0.05) is 32.2 Å². The standard InChI is InChI=1S/C20H31N3O3/c1-5-17(4)21-19(24)13-22-8-10-23(11-9-22)20(25)14-26-18-7-6-15(2)16(3)12-18/h6-7,12,17H,5,8-11,13-14H2,1-4H3,(H,21,24). The summed E-state index contributed by atoms with van der Waals surface area (Å²) in [6.07, 6.45) is 0.925. The van der Waals surface area contributed by atoms with Crippen molar-refractivity contribution in [3.63, 3.8) is 0 Å². The second-order valence-corrected chi connectivity index (χ2v) is 7.07. The van der Waals surface area contributed by atoms with Crippen LogP contribution in [0.2, 0.25) is 0 Å². The van der Waals surface area contributed by atoms with E-state index in [0.717, 1.165) is 17.7 Å². The van der Waals surface area contributed by atoms with E-state index in [0.29, 0.717) is 32.7 Å². The molecule has 2 amide bonds. The van der Waals surface area contributed by atoms with Crippen molar-refractivity contribution in [2.45, 2.75) is 40.2 Å². The molecule has 1 aromatic rings. The van der Waals surface area contributed by atoms with Crippen LogP contribution < -0.4 is 10.1 Å². The summed E-state index contributed by atoms with van der Waals surface area (Å²) in [5, 5.41) is 2.98. The van der Waals surface area contributed by atoms with Gasteiger partial charge in [-0.15, -0.1) is 0 Å². The van der Waals surface area contributed by atoms with E-state index in [4.69, 9.17) is 4.74 Å². The smallest absolute Gasteiger partial charge is 0.260 e. The van der Waals surface area contributed by atoms with E-state index >= 15 is 0 Å². The molecule has 1 fully saturated rings. The maximum absolute atomic E-state index is 12.3. The number of piperazine rings is 1. The first-order valence-electron chi connectivity index (χ1n) is 9.38. The van der Waals surface area contributed by atoms with Crippen molar-refractivity contribution in [3.05, 3.63) is 29.3 Å². The summed E-state index contributed by atoms with van der Waals surface area (Å²) in [6, 6.07) is 6.05. The number of amides is 2. The van der Waals surface area contributed by atoms with E-state index in [1.54, 1.807) is 0 Å². The fourth-order valence-electron chi connectivity index (χ4n) is 2.82. The minimum atomic E-state index is -0.00747. The third-order valence-electron chi connectivity index (χ3n) is 4.95. The molecule has 0 spiro atoms. The Kier molecular flexibility index (Phi) is 7.45. The van der Waals surface area contributed by atoms with Gasteiger partial charge in [-0.1, -0.05) is 13.0 Å². The van der Waals surface area contributed by atoms with E-state index in [1.807, 2.05) is 43.9 Å². The molecule has 6 heteroatoms. The highest BCUT2D eigenvalue weighted by atomic mass is 16.5. The fourth-order valence-corrected chi connectivity index (χ4v) is 2.82. The number of ether oxygens (including phenoxy) is 1. The van der Waals surface area contributed by atoms with Gasteiger partial charge in [-0.3, -0.25) is 14.5 Å². The molecule has 1 unspecified atom stereocenters. The Balaban J connectivity index is 1.72. The normalized spacial score (nSPS) is 16.2. The van der Waals surface area contributed by atoms with Crippen molar-refractivity contribution in [2.24, 2.45) is 0 Å². The summed E-state index contributed by atoms with van der Waals surface area (Å²) in [7, 11) is 0. The molecule has 0 aromatic heterocycles. The fraction of sp³-hybridized carbons (Fsp3) is 0.600. The zero-order valence-electron chi connectivity index (χ0n) is 16.4. The average molecular weight is 361 g/mol. The van der Waals surface area contributed by atoms with E-state index in [-0.39, 0.29) is 24.5 Å². The first kappa shape index (κ1) is 20.2. The Bertz CT molecular complexity index is 625. The molecule has 0 aliphatic carbocycles. The molecule has 26 heavy (non-hydrogen) atoms. The topological polar surface area (TPSA) is 61.9 Å². The number of nitrogens with zero attached hydrogens (tertiary/aromatic N) is 2. The molecule has 0 radical (unpaired) electrons. The van der Waals surface area contributed by atoms with E-state index in [9.17, 15) is 9.59 Å². The molecule has 1 aromatic carbocycles. The molecule has 0 bridgehead atoms. The number of hydrogen-bond acceptors (Lipinski definition) is 4. The second-order valence-electron chi connectivity index (χ2n) is 7.07. The summed E-state index contributed by atoms with van der Waals surface area (Å²) in [6.45, 7) is 11.3. The van der Waals surface area contributed by atoms with Crippen molar-refractivity contribution in [3.8, 4) is 5.75 Å². The summed E-state index contributed by atoms with van der Waals surface area (Å²) in [5.41, 5.74) is 2.36. The van der Waals surface area contributed by atoms with Crippen LogP contribution in [0.1, 0.15) is 31.4 Å². The van der Waals surface area contributed by atoms with E-state index < -0.39 is 0 Å². The lowest BCUT2D eigenvalue weighted by molar-refractivity contribution is -0.135. The molecule has 6 nitrogen and oxygen atoms in total. The minimum absolute atomic E-state index is 0.00747. The zero-order valence-corrected chi connectivity index (χ0v) is 16.4. The van der Waals surface area contributed by atoms with Gasteiger partial charge in [0.2, 0.25) is 5.91 Å². The summed E-state index contributed by atoms with van der Waals surface area (Å²) >= 11 is 0. The van der Waals surface area contributed by atoms with Gasteiger partial charge in [0.25, 0.3) is 5.91 Å². The lowest BCUT2D eigenvalue weighted by atomic mass is 10.1. The van der Waals surface area contributed by atoms with Crippen LogP contribution >= 0.6 is 0 Å². The monoisotopic (exact) mass is 361 g/mol. The van der Waals surface area contributed by atoms with Gasteiger partial charge in [0.05, 0.1) is 6.54 Å². The maximum Gasteiger partial charge on any atom is 0.260 e. The van der Waals surface area contributed by atoms with E-state index in [2.05, 4.69) is 17.1 Å². The van der Waals surface area contributed by atoms with Crippen LogP contribution in [0.5, 0.6) is 5.75 Å². The Morgan fingerprint density at radius 2 is 1.85 bits per heavy atom. The first-order chi connectivity index (χ1) is 12.4. The molecule has 1 N–H and O–H groups in total.